The van der Waals surface area contributed by atoms with Crippen LogP contribution in [0, 0.1) is 6.92 Å². The Morgan fingerprint density at radius 1 is 1.11 bits per heavy atom. The molecule has 0 radical (unpaired) electrons. The number of carbonyl (C=O) groups is 2. The maximum atomic E-state index is 13.2. The SMILES string of the molecule is CCNC(=O)n1c(C)cc2cc(Oc3ccnc4cc(C(=O)N5CC(OC)C(OC)C5)sc34)ccc21. The maximum absolute atomic E-state index is 13.2. The van der Waals surface area contributed by atoms with Gasteiger partial charge in [0.05, 0.1) is 20.6 Å². The summed E-state index contributed by atoms with van der Waals surface area (Å²) in [5.41, 5.74) is 2.35. The number of benzene rings is 1. The number of rotatable bonds is 6. The minimum atomic E-state index is -0.156. The number of carbonyl (C=O) groups excluding carboxylic acids is 2. The van der Waals surface area contributed by atoms with Crippen LogP contribution in [0.4, 0.5) is 4.79 Å². The third kappa shape index (κ3) is 4.32. The fourth-order valence-electron chi connectivity index (χ4n) is 4.64. The van der Waals surface area contributed by atoms with Gasteiger partial charge in [0.25, 0.3) is 5.91 Å². The molecule has 1 saturated heterocycles. The number of likely N-dealkylation sites (tertiary alicyclic amines) is 1. The van der Waals surface area contributed by atoms with Crippen molar-refractivity contribution in [3.63, 3.8) is 0 Å². The van der Waals surface area contributed by atoms with Crippen LogP contribution in [0.3, 0.4) is 0 Å². The van der Waals surface area contributed by atoms with Gasteiger partial charge in [0.2, 0.25) is 0 Å². The van der Waals surface area contributed by atoms with E-state index in [1.54, 1.807) is 42.0 Å². The van der Waals surface area contributed by atoms with Gasteiger partial charge in [-0.25, -0.2) is 4.79 Å². The highest BCUT2D eigenvalue weighted by Gasteiger charge is 2.36. The molecule has 9 nitrogen and oxygen atoms in total. The topological polar surface area (TPSA) is 94.9 Å². The lowest BCUT2D eigenvalue weighted by Gasteiger charge is -2.14. The predicted molar refractivity (Wildman–Crippen MR) is 138 cm³/mol. The zero-order valence-electron chi connectivity index (χ0n) is 20.6. The van der Waals surface area contributed by atoms with Crippen LogP contribution in [-0.4, -0.2) is 72.5 Å². The summed E-state index contributed by atoms with van der Waals surface area (Å²) in [5, 5.41) is 3.74. The van der Waals surface area contributed by atoms with Crippen LogP contribution in [0.5, 0.6) is 11.5 Å². The smallest absolute Gasteiger partial charge is 0.326 e. The molecule has 10 heteroatoms. The molecule has 3 aromatic heterocycles. The van der Waals surface area contributed by atoms with Crippen LogP contribution in [0.15, 0.2) is 42.6 Å². The van der Waals surface area contributed by atoms with Crippen molar-refractivity contribution in [1.29, 1.82) is 0 Å². The first kappa shape index (κ1) is 24.2. The van der Waals surface area contributed by atoms with E-state index in [0.717, 1.165) is 21.3 Å². The molecule has 1 aliphatic heterocycles. The lowest BCUT2D eigenvalue weighted by Crippen LogP contribution is -2.29. The molecular formula is C26H28N4O5S. The molecule has 0 aliphatic carbocycles. The Bertz CT molecular complexity index is 1430. The molecule has 0 saturated carbocycles. The van der Waals surface area contributed by atoms with Crippen molar-refractivity contribution in [3.05, 3.63) is 53.2 Å². The van der Waals surface area contributed by atoms with Crippen molar-refractivity contribution >= 4 is 44.4 Å². The van der Waals surface area contributed by atoms with Gasteiger partial charge in [-0.05, 0) is 44.2 Å². The van der Waals surface area contributed by atoms with E-state index >= 15 is 0 Å². The molecule has 0 spiro atoms. The zero-order valence-corrected chi connectivity index (χ0v) is 21.4. The molecule has 2 unspecified atom stereocenters. The third-order valence-corrected chi connectivity index (χ3v) is 7.54. The molecule has 1 aromatic carbocycles. The van der Waals surface area contributed by atoms with Crippen molar-refractivity contribution in [2.24, 2.45) is 0 Å². The van der Waals surface area contributed by atoms with Gasteiger partial charge in [0.15, 0.2) is 0 Å². The molecule has 188 valence electrons. The molecule has 0 bridgehead atoms. The number of nitrogens with one attached hydrogen (secondary N) is 1. The van der Waals surface area contributed by atoms with Gasteiger partial charge in [-0.15, -0.1) is 11.3 Å². The first-order valence-electron chi connectivity index (χ1n) is 11.7. The number of pyridine rings is 1. The van der Waals surface area contributed by atoms with Gasteiger partial charge in [-0.1, -0.05) is 0 Å². The lowest BCUT2D eigenvalue weighted by molar-refractivity contribution is -0.00461. The first-order valence-corrected chi connectivity index (χ1v) is 12.6. The minimum Gasteiger partial charge on any atom is -0.456 e. The summed E-state index contributed by atoms with van der Waals surface area (Å²) in [4.78, 5) is 32.5. The number of thiophene rings is 1. The fourth-order valence-corrected chi connectivity index (χ4v) is 5.67. The van der Waals surface area contributed by atoms with Gasteiger partial charge in [-0.2, -0.15) is 0 Å². The second-order valence-corrected chi connectivity index (χ2v) is 9.72. The Hall–Kier alpha value is -3.47. The van der Waals surface area contributed by atoms with Crippen LogP contribution in [0.25, 0.3) is 21.1 Å². The van der Waals surface area contributed by atoms with E-state index < -0.39 is 0 Å². The number of methoxy groups -OCH3 is 2. The Morgan fingerprint density at radius 3 is 2.56 bits per heavy atom. The minimum absolute atomic E-state index is 0.0749. The number of hydrogen-bond donors (Lipinski definition) is 1. The monoisotopic (exact) mass is 508 g/mol. The van der Waals surface area contributed by atoms with Crippen molar-refractivity contribution < 1.29 is 23.8 Å². The average molecular weight is 509 g/mol. The lowest BCUT2D eigenvalue weighted by atomic mass is 10.2. The standard InChI is InChI=1S/C26H28N4O5S/c1-5-27-26(32)30-15(2)10-16-11-17(6-7-19(16)30)35-20-8-9-28-18-12-23(36-24(18)20)25(31)29-13-21(33-3)22(14-29)34-4/h6-12,21-22H,5,13-14H2,1-4H3,(H,27,32). The summed E-state index contributed by atoms with van der Waals surface area (Å²) in [6.07, 6.45) is 1.38. The maximum Gasteiger partial charge on any atom is 0.326 e. The number of nitrogens with zero attached hydrogens (tertiary/aromatic N) is 3. The van der Waals surface area contributed by atoms with E-state index in [2.05, 4.69) is 10.3 Å². The van der Waals surface area contributed by atoms with Crippen LogP contribution >= 0.6 is 11.3 Å². The predicted octanol–water partition coefficient (Wildman–Crippen LogP) is 4.42. The number of fused-ring (bicyclic) bond motifs is 2. The number of aromatic nitrogens is 2. The van der Waals surface area contributed by atoms with Crippen molar-refractivity contribution in [2.45, 2.75) is 26.1 Å². The largest absolute Gasteiger partial charge is 0.456 e. The fraction of sp³-hybridized carbons (Fsp3) is 0.346. The normalized spacial score (nSPS) is 17.7. The summed E-state index contributed by atoms with van der Waals surface area (Å²) < 4.78 is 19.6. The number of hydrogen-bond acceptors (Lipinski definition) is 7. The van der Waals surface area contributed by atoms with Crippen LogP contribution < -0.4 is 10.1 Å². The van der Waals surface area contributed by atoms with Crippen molar-refractivity contribution in [3.8, 4) is 11.5 Å². The van der Waals surface area contributed by atoms with Gasteiger partial charge < -0.3 is 24.4 Å². The first-order chi connectivity index (χ1) is 17.4. The van der Waals surface area contributed by atoms with Crippen LogP contribution in [0.1, 0.15) is 22.3 Å². The van der Waals surface area contributed by atoms with E-state index in [1.165, 1.54) is 11.3 Å². The summed E-state index contributed by atoms with van der Waals surface area (Å²) in [7, 11) is 3.26. The zero-order chi connectivity index (χ0) is 25.4. The number of aryl methyl sites for hydroxylation is 1. The summed E-state index contributed by atoms with van der Waals surface area (Å²) in [6.45, 7) is 5.31. The second-order valence-electron chi connectivity index (χ2n) is 8.67. The Morgan fingerprint density at radius 2 is 1.86 bits per heavy atom. The Labute approximate surface area is 212 Å². The summed E-state index contributed by atoms with van der Waals surface area (Å²) in [6, 6.07) is 11.0. The van der Waals surface area contributed by atoms with Crippen molar-refractivity contribution in [1.82, 2.24) is 19.8 Å². The molecule has 1 fully saturated rings. The van der Waals surface area contributed by atoms with Gasteiger partial charge in [0.1, 0.15) is 23.7 Å². The summed E-state index contributed by atoms with van der Waals surface area (Å²) >= 11 is 1.36. The highest BCUT2D eigenvalue weighted by atomic mass is 32.1. The highest BCUT2D eigenvalue weighted by molar-refractivity contribution is 7.21. The molecule has 2 amide bonds. The highest BCUT2D eigenvalue weighted by Crippen LogP contribution is 2.37. The molecule has 1 N–H and O–H groups in total. The van der Waals surface area contributed by atoms with Crippen LogP contribution in [0.2, 0.25) is 0 Å². The Kier molecular flexibility index (Phi) is 6.65. The van der Waals surface area contributed by atoms with Gasteiger partial charge in [0, 0.05) is 57.2 Å². The molecule has 5 rings (SSSR count). The second kappa shape index (κ2) is 9.88. The third-order valence-electron chi connectivity index (χ3n) is 6.41. The average Bonchev–Trinajstić information content (AvgIpc) is 3.57. The molecule has 1 aliphatic rings. The molecule has 36 heavy (non-hydrogen) atoms. The quantitative estimate of drug-likeness (QED) is 0.415. The molecule has 2 atom stereocenters. The number of amides is 2. The van der Waals surface area contributed by atoms with E-state index in [-0.39, 0.29) is 24.1 Å². The van der Waals surface area contributed by atoms with Crippen molar-refractivity contribution in [2.75, 3.05) is 33.9 Å². The van der Waals surface area contributed by atoms with Gasteiger partial charge in [-0.3, -0.25) is 14.3 Å². The summed E-state index contributed by atoms with van der Waals surface area (Å²) in [5.74, 6) is 1.18. The van der Waals surface area contributed by atoms with Gasteiger partial charge >= 0.3 is 6.03 Å². The number of ether oxygens (including phenoxy) is 3. The Balaban J connectivity index is 1.41. The molecule has 4 aromatic rings. The van der Waals surface area contributed by atoms with E-state index in [4.69, 9.17) is 14.2 Å². The molecular weight excluding hydrogens is 480 g/mol. The molecule has 4 heterocycles. The van der Waals surface area contributed by atoms with E-state index in [0.29, 0.717) is 41.5 Å². The van der Waals surface area contributed by atoms with E-state index in [1.807, 2.05) is 38.1 Å². The van der Waals surface area contributed by atoms with Crippen LogP contribution in [-0.2, 0) is 9.47 Å². The van der Waals surface area contributed by atoms with E-state index in [9.17, 15) is 9.59 Å².